The molecule has 12 N–H and O–H groups in total. The fraction of sp³-hybridized carbons (Fsp3) is 0.773. The van der Waals surface area contributed by atoms with E-state index in [1.54, 1.807) is 0 Å². The second kappa shape index (κ2) is 18.4. The predicted molar refractivity (Wildman–Crippen MR) is 135 cm³/mol. The molecule has 0 spiro atoms. The van der Waals surface area contributed by atoms with Crippen LogP contribution in [-0.2, 0) is 28.8 Å². The highest BCUT2D eigenvalue weighted by Crippen LogP contribution is 2.06. The zero-order chi connectivity index (χ0) is 28.5. The summed E-state index contributed by atoms with van der Waals surface area (Å²) in [6.07, 6.45) is 1.71. The first kappa shape index (κ1) is 34.1. The van der Waals surface area contributed by atoms with Gasteiger partial charge in [-0.3, -0.25) is 24.0 Å². The molecule has 0 aromatic heterocycles. The molecule has 0 heterocycles. The van der Waals surface area contributed by atoms with Crippen molar-refractivity contribution in [2.45, 2.75) is 76.7 Å². The molecule has 5 atom stereocenters. The lowest BCUT2D eigenvalue weighted by atomic mass is 10.0. The summed E-state index contributed by atoms with van der Waals surface area (Å²) >= 11 is 0. The van der Waals surface area contributed by atoms with Gasteiger partial charge in [-0.15, -0.1) is 0 Å². The quantitative estimate of drug-likeness (QED) is 0.0577. The van der Waals surface area contributed by atoms with E-state index in [2.05, 4.69) is 31.6 Å². The van der Waals surface area contributed by atoms with Crippen molar-refractivity contribution < 1.29 is 33.9 Å². The van der Waals surface area contributed by atoms with E-state index in [1.165, 1.54) is 14.0 Å². The molecular weight excluding hydrogens is 488 g/mol. The van der Waals surface area contributed by atoms with Crippen LogP contribution in [0.15, 0.2) is 0 Å². The summed E-state index contributed by atoms with van der Waals surface area (Å²) < 4.78 is 0. The number of rotatable bonds is 19. The molecular formula is C22H44N8O7. The van der Waals surface area contributed by atoms with E-state index < -0.39 is 66.4 Å². The smallest absolute Gasteiger partial charge is 0.245 e. The third-order valence-corrected chi connectivity index (χ3v) is 5.30. The lowest BCUT2D eigenvalue weighted by Crippen LogP contribution is -2.59. The Balaban J connectivity index is 5.13. The van der Waals surface area contributed by atoms with Crippen LogP contribution in [0.4, 0.5) is 0 Å². The van der Waals surface area contributed by atoms with Crippen molar-refractivity contribution >= 4 is 29.5 Å². The van der Waals surface area contributed by atoms with E-state index in [-0.39, 0.29) is 25.3 Å². The zero-order valence-corrected chi connectivity index (χ0v) is 22.0. The number of hydrogen-bond acceptors (Lipinski definition) is 10. The Hall–Kier alpha value is -2.85. The molecule has 15 nitrogen and oxygen atoms in total. The van der Waals surface area contributed by atoms with Crippen LogP contribution in [0.25, 0.3) is 0 Å². The van der Waals surface area contributed by atoms with Crippen LogP contribution in [0.5, 0.6) is 0 Å². The minimum absolute atomic E-state index is 0.0192. The summed E-state index contributed by atoms with van der Waals surface area (Å²) in [5, 5.41) is 19.4. The number of nitrogens with one attached hydrogen (secondary N) is 5. The Morgan fingerprint density at radius 2 is 1.41 bits per heavy atom. The third-order valence-electron chi connectivity index (χ3n) is 5.30. The Bertz CT molecular complexity index is 753. The number of hydroxylamine groups is 1. The molecule has 0 aliphatic heterocycles. The van der Waals surface area contributed by atoms with Gasteiger partial charge in [-0.1, -0.05) is 13.8 Å². The molecule has 214 valence electrons. The molecule has 0 aliphatic rings. The number of carbonyl (C=O) groups excluding carboxylic acids is 5. The van der Waals surface area contributed by atoms with Crippen LogP contribution in [0.1, 0.15) is 46.5 Å². The highest BCUT2D eigenvalue weighted by Gasteiger charge is 2.29. The Morgan fingerprint density at radius 1 is 0.838 bits per heavy atom. The molecule has 37 heavy (non-hydrogen) atoms. The van der Waals surface area contributed by atoms with Crippen molar-refractivity contribution in [3.8, 4) is 0 Å². The maximum atomic E-state index is 12.8. The van der Waals surface area contributed by atoms with Gasteiger partial charge in [-0.05, 0) is 45.1 Å². The van der Waals surface area contributed by atoms with Gasteiger partial charge in [0.2, 0.25) is 29.5 Å². The van der Waals surface area contributed by atoms with Gasteiger partial charge in [0.1, 0.15) is 24.2 Å². The van der Waals surface area contributed by atoms with Crippen LogP contribution in [0.3, 0.4) is 0 Å². The van der Waals surface area contributed by atoms with Crippen LogP contribution >= 0.6 is 0 Å². The Labute approximate surface area is 217 Å². The number of unbranched alkanes of at least 4 members (excludes halogenated alkanes) is 1. The normalized spacial score (nSPS) is 15.1. The summed E-state index contributed by atoms with van der Waals surface area (Å²) in [7, 11) is 1.37. The number of aliphatic hydroxyl groups excluding tert-OH is 1. The van der Waals surface area contributed by atoms with E-state index in [1.807, 2.05) is 13.8 Å². The molecule has 5 amide bonds. The maximum absolute atomic E-state index is 12.8. The van der Waals surface area contributed by atoms with Gasteiger partial charge >= 0.3 is 0 Å². The van der Waals surface area contributed by atoms with Gasteiger partial charge in [0.15, 0.2) is 0 Å². The molecule has 0 rings (SSSR count). The number of amides is 5. The van der Waals surface area contributed by atoms with Crippen LogP contribution in [0, 0.1) is 5.92 Å². The zero-order valence-electron chi connectivity index (χ0n) is 22.0. The Morgan fingerprint density at radius 3 is 1.92 bits per heavy atom. The third kappa shape index (κ3) is 13.9. The average molecular weight is 533 g/mol. The number of hydrogen-bond donors (Lipinski definition) is 9. The van der Waals surface area contributed by atoms with Crippen molar-refractivity contribution in [3.05, 3.63) is 0 Å². The van der Waals surface area contributed by atoms with E-state index in [0.717, 1.165) is 0 Å². The van der Waals surface area contributed by atoms with E-state index in [4.69, 9.17) is 17.2 Å². The second-order valence-corrected chi connectivity index (χ2v) is 9.07. The summed E-state index contributed by atoms with van der Waals surface area (Å²) in [5.41, 5.74) is 19.0. The van der Waals surface area contributed by atoms with Gasteiger partial charge in [-0.2, -0.15) is 0 Å². The fourth-order valence-corrected chi connectivity index (χ4v) is 3.17. The maximum Gasteiger partial charge on any atom is 0.245 e. The topological polar surface area (TPSA) is 253 Å². The molecule has 0 aliphatic carbocycles. The van der Waals surface area contributed by atoms with Crippen LogP contribution in [-0.4, -0.2) is 91.7 Å². The molecule has 0 aromatic rings. The molecule has 0 saturated carbocycles. The van der Waals surface area contributed by atoms with Crippen molar-refractivity contribution in [2.75, 3.05) is 26.8 Å². The summed E-state index contributed by atoms with van der Waals surface area (Å²) in [6.45, 7) is 4.76. The average Bonchev–Trinajstić information content (AvgIpc) is 2.83. The van der Waals surface area contributed by atoms with Crippen LogP contribution < -0.4 is 43.9 Å². The lowest BCUT2D eigenvalue weighted by Gasteiger charge is -2.25. The largest absolute Gasteiger partial charge is 0.394 e. The molecule has 1 unspecified atom stereocenters. The van der Waals surface area contributed by atoms with Gasteiger partial charge in [0, 0.05) is 6.54 Å². The van der Waals surface area contributed by atoms with E-state index in [9.17, 15) is 29.1 Å². The predicted octanol–water partition coefficient (Wildman–Crippen LogP) is -3.92. The molecule has 0 aromatic carbocycles. The lowest BCUT2D eigenvalue weighted by molar-refractivity contribution is -0.135. The van der Waals surface area contributed by atoms with Gasteiger partial charge in [0.25, 0.3) is 0 Å². The van der Waals surface area contributed by atoms with Gasteiger partial charge < -0.3 is 48.4 Å². The summed E-state index contributed by atoms with van der Waals surface area (Å²) in [6, 6.07) is -5.46. The highest BCUT2D eigenvalue weighted by molar-refractivity contribution is 5.95. The van der Waals surface area contributed by atoms with Crippen molar-refractivity contribution in [1.29, 1.82) is 0 Å². The number of nitrogens with two attached hydrogens (primary N) is 3. The van der Waals surface area contributed by atoms with Gasteiger partial charge in [-0.25, -0.2) is 5.48 Å². The summed E-state index contributed by atoms with van der Waals surface area (Å²) in [5.74, 6) is -3.53. The number of primary amides is 1. The first-order chi connectivity index (χ1) is 17.4. The van der Waals surface area contributed by atoms with E-state index in [0.29, 0.717) is 19.4 Å². The molecule has 0 saturated heterocycles. The first-order valence-electron chi connectivity index (χ1n) is 12.2. The van der Waals surface area contributed by atoms with Crippen LogP contribution in [0.2, 0.25) is 0 Å². The molecule has 0 radical (unpaired) electrons. The first-order valence-corrected chi connectivity index (χ1v) is 12.2. The minimum atomic E-state index is -1.39. The SMILES string of the molecule is CONCC(N)C(=O)N[C@@H](CC(C)C)C(=O)N[C@@H](C)C(=O)N[C@@H](CO)C(=O)N[C@@H](CCCCN)C(N)=O. The number of carbonyl (C=O) groups is 5. The van der Waals surface area contributed by atoms with Crippen molar-refractivity contribution in [2.24, 2.45) is 23.1 Å². The van der Waals surface area contributed by atoms with E-state index >= 15 is 0 Å². The monoisotopic (exact) mass is 532 g/mol. The van der Waals surface area contributed by atoms with Gasteiger partial charge in [0.05, 0.1) is 19.8 Å². The molecule has 0 bridgehead atoms. The number of aliphatic hydroxyl groups is 1. The summed E-state index contributed by atoms with van der Waals surface area (Å²) in [4.78, 5) is 66.6. The molecule has 0 fully saturated rings. The van der Waals surface area contributed by atoms with Crippen molar-refractivity contribution in [3.63, 3.8) is 0 Å². The van der Waals surface area contributed by atoms with Crippen molar-refractivity contribution in [1.82, 2.24) is 26.7 Å². The molecule has 15 heteroatoms. The fourth-order valence-electron chi connectivity index (χ4n) is 3.17. The Kier molecular flexibility index (Phi) is 17.0. The second-order valence-electron chi connectivity index (χ2n) is 9.07. The highest BCUT2D eigenvalue weighted by atomic mass is 16.6. The minimum Gasteiger partial charge on any atom is -0.394 e. The standard InChI is InChI=1S/C22H44N8O7/c1-12(2)9-16(29-20(34)14(24)10-26-37-4)21(35)27-13(3)19(33)30-17(11-31)22(36)28-15(18(25)32)7-5-6-8-23/h12-17,26,31H,5-11,23-24H2,1-4H3,(H2,25,32)(H,27,35)(H,28,36)(H,29,34)(H,30,33)/t13-,14?,15-,16-,17-/m0/s1.